The van der Waals surface area contributed by atoms with Crippen molar-refractivity contribution in [3.63, 3.8) is 0 Å². The van der Waals surface area contributed by atoms with E-state index in [1.165, 1.54) is 11.8 Å². The second-order valence-electron chi connectivity index (χ2n) is 9.29. The van der Waals surface area contributed by atoms with Gasteiger partial charge in [-0.25, -0.2) is 4.79 Å². The van der Waals surface area contributed by atoms with Gasteiger partial charge in [0, 0.05) is 30.1 Å². The zero-order valence-corrected chi connectivity index (χ0v) is 20.5. The van der Waals surface area contributed by atoms with Gasteiger partial charge in [0.1, 0.15) is 18.1 Å². The Kier molecular flexibility index (Phi) is 9.43. The second kappa shape index (κ2) is 12.5. The van der Waals surface area contributed by atoms with Crippen molar-refractivity contribution in [1.82, 2.24) is 20.5 Å². The summed E-state index contributed by atoms with van der Waals surface area (Å²) in [5, 5.41) is 15.8. The maximum absolute atomic E-state index is 13.7. The van der Waals surface area contributed by atoms with Crippen LogP contribution in [0.2, 0.25) is 0 Å². The van der Waals surface area contributed by atoms with E-state index in [2.05, 4.69) is 15.6 Å². The zero-order chi connectivity index (χ0) is 26.2. The number of aromatic amines is 1. The van der Waals surface area contributed by atoms with Gasteiger partial charge in [-0.2, -0.15) is 0 Å². The summed E-state index contributed by atoms with van der Waals surface area (Å²) in [5.74, 6) is -2.51. The van der Waals surface area contributed by atoms with Crippen LogP contribution in [0.4, 0.5) is 0 Å². The number of hydrogen-bond donors (Lipinski definition) is 6. The first-order chi connectivity index (χ1) is 17.2. The second-order valence-corrected chi connectivity index (χ2v) is 9.29. The van der Waals surface area contributed by atoms with Crippen LogP contribution < -0.4 is 22.1 Å². The van der Waals surface area contributed by atoms with Gasteiger partial charge in [0.05, 0.1) is 6.04 Å². The number of nitrogens with zero attached hydrogens (tertiary/aromatic N) is 1. The number of carboxylic acid groups (broad SMARTS) is 1. The topological polar surface area (TPSA) is 184 Å². The van der Waals surface area contributed by atoms with Gasteiger partial charge >= 0.3 is 5.97 Å². The number of unbranched alkanes of at least 4 members (excludes halogenated alkanes) is 1. The number of aromatic nitrogens is 1. The number of hydrogen-bond acceptors (Lipinski definition) is 6. The van der Waals surface area contributed by atoms with E-state index in [9.17, 15) is 24.3 Å². The Morgan fingerprint density at radius 1 is 1.17 bits per heavy atom. The fraction of sp³-hybridized carbons (Fsp3) is 0.520. The predicted molar refractivity (Wildman–Crippen MR) is 135 cm³/mol. The number of nitrogens with one attached hydrogen (secondary N) is 3. The Hall–Kier alpha value is -3.44. The fourth-order valence-corrected chi connectivity index (χ4v) is 4.54. The molecule has 11 nitrogen and oxygen atoms in total. The molecular weight excluding hydrogens is 464 g/mol. The highest BCUT2D eigenvalue weighted by Gasteiger charge is 2.39. The highest BCUT2D eigenvalue weighted by atomic mass is 16.4. The molecule has 1 fully saturated rings. The first-order valence-corrected chi connectivity index (χ1v) is 12.4. The highest BCUT2D eigenvalue weighted by Crippen LogP contribution is 2.23. The summed E-state index contributed by atoms with van der Waals surface area (Å²) in [7, 11) is 0. The van der Waals surface area contributed by atoms with Gasteiger partial charge in [0.25, 0.3) is 0 Å². The Bertz CT molecular complexity index is 1080. The summed E-state index contributed by atoms with van der Waals surface area (Å²) in [6.07, 6.45) is 4.49. The van der Waals surface area contributed by atoms with Crippen LogP contribution in [0.3, 0.4) is 0 Å². The van der Waals surface area contributed by atoms with Crippen molar-refractivity contribution in [2.75, 3.05) is 13.1 Å². The summed E-state index contributed by atoms with van der Waals surface area (Å²) in [4.78, 5) is 55.4. The molecule has 0 spiro atoms. The molecule has 2 heterocycles. The van der Waals surface area contributed by atoms with E-state index in [0.29, 0.717) is 38.8 Å². The number of para-hydroxylation sites is 1. The lowest BCUT2D eigenvalue weighted by atomic mass is 10.0. The van der Waals surface area contributed by atoms with Gasteiger partial charge in [-0.3, -0.25) is 14.4 Å². The smallest absolute Gasteiger partial charge is 0.326 e. The molecule has 0 aliphatic carbocycles. The van der Waals surface area contributed by atoms with Gasteiger partial charge < -0.3 is 37.1 Å². The van der Waals surface area contributed by atoms with Gasteiger partial charge in [0.2, 0.25) is 17.7 Å². The lowest BCUT2D eigenvalue weighted by molar-refractivity contribution is -0.145. The predicted octanol–water partition coefficient (Wildman–Crippen LogP) is 0.232. The van der Waals surface area contributed by atoms with E-state index >= 15 is 0 Å². The zero-order valence-electron chi connectivity index (χ0n) is 20.5. The van der Waals surface area contributed by atoms with E-state index < -0.39 is 47.9 Å². The van der Waals surface area contributed by atoms with Crippen LogP contribution in [0.5, 0.6) is 0 Å². The number of carbonyl (C=O) groups excluding carboxylic acids is 3. The van der Waals surface area contributed by atoms with Gasteiger partial charge in [0.15, 0.2) is 0 Å². The van der Waals surface area contributed by atoms with Crippen LogP contribution in [0.1, 0.15) is 44.6 Å². The van der Waals surface area contributed by atoms with Crippen molar-refractivity contribution in [3.05, 3.63) is 36.0 Å². The van der Waals surface area contributed by atoms with Crippen molar-refractivity contribution in [3.8, 4) is 0 Å². The summed E-state index contributed by atoms with van der Waals surface area (Å²) < 4.78 is 0. The lowest BCUT2D eigenvalue weighted by Crippen LogP contribution is -2.57. The molecule has 1 aromatic carbocycles. The number of aliphatic carboxylic acids is 1. The largest absolute Gasteiger partial charge is 0.480 e. The molecule has 36 heavy (non-hydrogen) atoms. The maximum atomic E-state index is 13.7. The number of nitrogens with two attached hydrogens (primary N) is 2. The summed E-state index contributed by atoms with van der Waals surface area (Å²) in [6.45, 7) is 2.31. The standard InChI is InChI=1S/C25H36N6O5/c1-15(27)22(32)30-20(13-16-14-28-18-8-3-2-7-17(16)18)24(34)31-12-6-10-21(31)23(33)29-19(25(35)36)9-4-5-11-26/h2-3,7-8,14-15,19-21,28H,4-6,9-13,26-27H2,1H3,(H,29,33)(H,30,32)(H,35,36). The Morgan fingerprint density at radius 2 is 1.92 bits per heavy atom. The molecule has 0 bridgehead atoms. The third-order valence-electron chi connectivity index (χ3n) is 6.53. The summed E-state index contributed by atoms with van der Waals surface area (Å²) in [5.41, 5.74) is 13.0. The molecule has 1 saturated heterocycles. The number of H-pyrrole nitrogens is 1. The molecule has 1 aromatic heterocycles. The van der Waals surface area contributed by atoms with Crippen molar-refractivity contribution in [1.29, 1.82) is 0 Å². The van der Waals surface area contributed by atoms with Crippen LogP contribution in [0.15, 0.2) is 30.5 Å². The van der Waals surface area contributed by atoms with E-state index in [1.54, 1.807) is 6.20 Å². The number of benzene rings is 1. The molecule has 0 saturated carbocycles. The van der Waals surface area contributed by atoms with Crippen molar-refractivity contribution in [2.45, 2.75) is 69.6 Å². The molecule has 3 amide bonds. The van der Waals surface area contributed by atoms with Crippen LogP contribution in [0.25, 0.3) is 10.9 Å². The first-order valence-electron chi connectivity index (χ1n) is 12.4. The van der Waals surface area contributed by atoms with E-state index in [1.807, 2.05) is 24.3 Å². The SMILES string of the molecule is CC(N)C(=O)NC(Cc1c[nH]c2ccccc12)C(=O)N1CCCC1C(=O)NC(CCCCN)C(=O)O. The number of amides is 3. The minimum Gasteiger partial charge on any atom is -0.480 e. The number of rotatable bonds is 12. The minimum absolute atomic E-state index is 0.211. The van der Waals surface area contributed by atoms with Crippen LogP contribution in [-0.2, 0) is 25.6 Å². The van der Waals surface area contributed by atoms with Crippen molar-refractivity contribution in [2.24, 2.45) is 11.5 Å². The fourth-order valence-electron chi connectivity index (χ4n) is 4.54. The molecule has 0 radical (unpaired) electrons. The van der Waals surface area contributed by atoms with Crippen LogP contribution in [0, 0.1) is 0 Å². The van der Waals surface area contributed by atoms with Gasteiger partial charge in [-0.1, -0.05) is 18.2 Å². The van der Waals surface area contributed by atoms with Gasteiger partial charge in [-0.05, 0) is 57.2 Å². The number of carbonyl (C=O) groups is 4. The number of carboxylic acids is 1. The number of likely N-dealkylation sites (tertiary alicyclic amines) is 1. The Balaban J connectivity index is 1.78. The normalized spacial score (nSPS) is 18.0. The maximum Gasteiger partial charge on any atom is 0.326 e. The van der Waals surface area contributed by atoms with Gasteiger partial charge in [-0.15, -0.1) is 0 Å². The van der Waals surface area contributed by atoms with E-state index in [0.717, 1.165) is 16.5 Å². The van der Waals surface area contributed by atoms with E-state index in [-0.39, 0.29) is 12.8 Å². The molecule has 1 aliphatic rings. The molecule has 1 aliphatic heterocycles. The molecular formula is C25H36N6O5. The Labute approximate surface area is 210 Å². The quantitative estimate of drug-likeness (QED) is 0.225. The van der Waals surface area contributed by atoms with Crippen molar-refractivity contribution >= 4 is 34.6 Å². The van der Waals surface area contributed by atoms with Crippen LogP contribution in [-0.4, -0.2) is 75.9 Å². The molecule has 4 unspecified atom stereocenters. The molecule has 8 N–H and O–H groups in total. The summed E-state index contributed by atoms with van der Waals surface area (Å²) >= 11 is 0. The molecule has 2 aromatic rings. The minimum atomic E-state index is -1.13. The highest BCUT2D eigenvalue weighted by molar-refractivity contribution is 5.95. The summed E-state index contributed by atoms with van der Waals surface area (Å²) in [6, 6.07) is 4.03. The average molecular weight is 501 g/mol. The lowest BCUT2D eigenvalue weighted by Gasteiger charge is -2.30. The van der Waals surface area contributed by atoms with Crippen molar-refractivity contribution < 1.29 is 24.3 Å². The molecule has 3 rings (SSSR count). The monoisotopic (exact) mass is 500 g/mol. The molecule has 11 heteroatoms. The Morgan fingerprint density at radius 3 is 2.61 bits per heavy atom. The average Bonchev–Trinajstić information content (AvgIpc) is 3.50. The van der Waals surface area contributed by atoms with Crippen LogP contribution >= 0.6 is 0 Å². The molecule has 196 valence electrons. The molecule has 4 atom stereocenters. The number of fused-ring (bicyclic) bond motifs is 1. The third-order valence-corrected chi connectivity index (χ3v) is 6.53. The van der Waals surface area contributed by atoms with E-state index in [4.69, 9.17) is 11.5 Å². The third kappa shape index (κ3) is 6.61. The first kappa shape index (κ1) is 27.2.